The third kappa shape index (κ3) is 2.87. The molecule has 0 radical (unpaired) electrons. The van der Waals surface area contributed by atoms with Crippen LogP contribution in [0.3, 0.4) is 0 Å². The number of hydrogen-bond donors (Lipinski definition) is 3. The Morgan fingerprint density at radius 1 is 1.62 bits per heavy atom. The Bertz CT molecular complexity index is 379. The summed E-state index contributed by atoms with van der Waals surface area (Å²) in [5, 5.41) is 12.2. The van der Waals surface area contributed by atoms with Crippen molar-refractivity contribution in [1.82, 2.24) is 5.32 Å². The zero-order valence-electron chi connectivity index (χ0n) is 9.36. The highest BCUT2D eigenvalue weighted by molar-refractivity contribution is 5.95. The van der Waals surface area contributed by atoms with Crippen LogP contribution in [0.4, 0.5) is 0 Å². The molecule has 0 saturated carbocycles. The molecule has 0 aliphatic rings. The molecule has 0 fully saturated rings. The van der Waals surface area contributed by atoms with E-state index in [2.05, 4.69) is 5.32 Å². The summed E-state index contributed by atoms with van der Waals surface area (Å²) in [6.45, 7) is 2.18. The fraction of sp³-hybridized carbons (Fsp3) is 0.364. The number of aromatic hydroxyl groups is 1. The third-order valence-electron chi connectivity index (χ3n) is 2.17. The van der Waals surface area contributed by atoms with E-state index in [9.17, 15) is 9.90 Å². The van der Waals surface area contributed by atoms with Gasteiger partial charge in [0, 0.05) is 18.2 Å². The maximum Gasteiger partial charge on any atom is 0.251 e. The highest BCUT2D eigenvalue weighted by Crippen LogP contribution is 2.26. The smallest absolute Gasteiger partial charge is 0.251 e. The molecule has 0 aromatic heterocycles. The number of carbonyl (C=O) groups excluding carboxylic acids is 1. The zero-order chi connectivity index (χ0) is 12.1. The second-order valence-corrected chi connectivity index (χ2v) is 3.50. The second kappa shape index (κ2) is 5.37. The van der Waals surface area contributed by atoms with Gasteiger partial charge in [0.25, 0.3) is 5.91 Å². The molecule has 5 nitrogen and oxygen atoms in total. The van der Waals surface area contributed by atoms with E-state index in [4.69, 9.17) is 10.5 Å². The fourth-order valence-corrected chi connectivity index (χ4v) is 1.20. The lowest BCUT2D eigenvalue weighted by atomic mass is 10.1. The van der Waals surface area contributed by atoms with Crippen molar-refractivity contribution in [1.29, 1.82) is 0 Å². The average Bonchev–Trinajstić information content (AvgIpc) is 2.28. The van der Waals surface area contributed by atoms with E-state index in [-0.39, 0.29) is 17.7 Å². The second-order valence-electron chi connectivity index (χ2n) is 3.50. The van der Waals surface area contributed by atoms with Gasteiger partial charge in [0.2, 0.25) is 0 Å². The summed E-state index contributed by atoms with van der Waals surface area (Å²) in [6.07, 6.45) is 0. The molecule has 1 unspecified atom stereocenters. The molecule has 0 spiro atoms. The molecule has 0 aliphatic heterocycles. The molecule has 1 aromatic carbocycles. The molecule has 0 bridgehead atoms. The van der Waals surface area contributed by atoms with E-state index >= 15 is 0 Å². The topological polar surface area (TPSA) is 84.6 Å². The number of phenolic OH excluding ortho intramolecular Hbond substituents is 1. The number of phenols is 1. The molecule has 1 amide bonds. The molecule has 1 rings (SSSR count). The first kappa shape index (κ1) is 12.3. The summed E-state index contributed by atoms with van der Waals surface area (Å²) < 4.78 is 4.88. The van der Waals surface area contributed by atoms with Crippen molar-refractivity contribution in [3.63, 3.8) is 0 Å². The van der Waals surface area contributed by atoms with Gasteiger partial charge in [-0.25, -0.2) is 0 Å². The highest BCUT2D eigenvalue weighted by Gasteiger charge is 2.11. The van der Waals surface area contributed by atoms with Crippen LogP contribution < -0.4 is 15.8 Å². The molecular weight excluding hydrogens is 208 g/mol. The van der Waals surface area contributed by atoms with E-state index in [0.29, 0.717) is 17.9 Å². The number of ether oxygens (including phenoxy) is 1. The minimum atomic E-state index is -0.268. The SMILES string of the molecule is COc1ccc(C(=O)NC(C)CN)cc1O. The number of nitrogens with two attached hydrogens (primary N) is 1. The molecule has 1 atom stereocenters. The molecule has 16 heavy (non-hydrogen) atoms. The minimum Gasteiger partial charge on any atom is -0.504 e. The predicted molar refractivity (Wildman–Crippen MR) is 60.6 cm³/mol. The van der Waals surface area contributed by atoms with E-state index in [1.165, 1.54) is 19.2 Å². The Morgan fingerprint density at radius 2 is 2.31 bits per heavy atom. The molecule has 88 valence electrons. The fourth-order valence-electron chi connectivity index (χ4n) is 1.20. The van der Waals surface area contributed by atoms with E-state index < -0.39 is 0 Å². The van der Waals surface area contributed by atoms with E-state index in [1.54, 1.807) is 13.0 Å². The van der Waals surface area contributed by atoms with Crippen LogP contribution in [0.2, 0.25) is 0 Å². The zero-order valence-corrected chi connectivity index (χ0v) is 9.36. The van der Waals surface area contributed by atoms with Gasteiger partial charge in [-0.2, -0.15) is 0 Å². The van der Waals surface area contributed by atoms with Gasteiger partial charge in [0.05, 0.1) is 7.11 Å². The quantitative estimate of drug-likeness (QED) is 0.694. The summed E-state index contributed by atoms with van der Waals surface area (Å²) in [5.41, 5.74) is 5.76. The number of methoxy groups -OCH3 is 1. The predicted octanol–water partition coefficient (Wildman–Crippen LogP) is 0.478. The van der Waals surface area contributed by atoms with Crippen molar-refractivity contribution in [2.75, 3.05) is 13.7 Å². The summed E-state index contributed by atoms with van der Waals surface area (Å²) in [7, 11) is 1.45. The molecule has 5 heteroatoms. The lowest BCUT2D eigenvalue weighted by Gasteiger charge is -2.11. The average molecular weight is 224 g/mol. The van der Waals surface area contributed by atoms with Crippen molar-refractivity contribution in [2.24, 2.45) is 5.73 Å². The summed E-state index contributed by atoms with van der Waals surface area (Å²) in [4.78, 5) is 11.6. The Labute approximate surface area is 94.2 Å². The first-order chi connectivity index (χ1) is 7.58. The number of benzene rings is 1. The summed E-state index contributed by atoms with van der Waals surface area (Å²) in [5.74, 6) is 0.00915. The lowest BCUT2D eigenvalue weighted by Crippen LogP contribution is -2.37. The number of nitrogens with one attached hydrogen (secondary N) is 1. The Kier molecular flexibility index (Phi) is 4.13. The van der Waals surface area contributed by atoms with Gasteiger partial charge in [-0.05, 0) is 25.1 Å². The van der Waals surface area contributed by atoms with Gasteiger partial charge < -0.3 is 20.9 Å². The monoisotopic (exact) mass is 224 g/mol. The van der Waals surface area contributed by atoms with Gasteiger partial charge >= 0.3 is 0 Å². The van der Waals surface area contributed by atoms with Crippen molar-refractivity contribution >= 4 is 5.91 Å². The van der Waals surface area contributed by atoms with Crippen LogP contribution in [0.25, 0.3) is 0 Å². The van der Waals surface area contributed by atoms with Crippen molar-refractivity contribution in [2.45, 2.75) is 13.0 Å². The lowest BCUT2D eigenvalue weighted by molar-refractivity contribution is 0.0941. The van der Waals surface area contributed by atoms with Crippen LogP contribution in [-0.2, 0) is 0 Å². The van der Waals surface area contributed by atoms with Crippen LogP contribution in [0.15, 0.2) is 18.2 Å². The van der Waals surface area contributed by atoms with Crippen LogP contribution in [0.1, 0.15) is 17.3 Å². The summed E-state index contributed by atoms with van der Waals surface area (Å²) >= 11 is 0. The van der Waals surface area contributed by atoms with Gasteiger partial charge in [0.15, 0.2) is 11.5 Å². The van der Waals surface area contributed by atoms with Gasteiger partial charge in [-0.3, -0.25) is 4.79 Å². The van der Waals surface area contributed by atoms with Crippen LogP contribution in [0.5, 0.6) is 11.5 Å². The van der Waals surface area contributed by atoms with Crippen molar-refractivity contribution < 1.29 is 14.6 Å². The number of amides is 1. The van der Waals surface area contributed by atoms with Crippen molar-refractivity contribution in [3.05, 3.63) is 23.8 Å². The Balaban J connectivity index is 2.81. The van der Waals surface area contributed by atoms with Gasteiger partial charge in [0.1, 0.15) is 0 Å². The largest absolute Gasteiger partial charge is 0.504 e. The van der Waals surface area contributed by atoms with Crippen LogP contribution >= 0.6 is 0 Å². The molecule has 0 heterocycles. The normalized spacial score (nSPS) is 11.9. The first-order valence-electron chi connectivity index (χ1n) is 4.96. The van der Waals surface area contributed by atoms with E-state index in [1.807, 2.05) is 0 Å². The molecule has 0 saturated heterocycles. The summed E-state index contributed by atoms with van der Waals surface area (Å²) in [6, 6.07) is 4.38. The van der Waals surface area contributed by atoms with Crippen LogP contribution in [-0.4, -0.2) is 30.7 Å². The standard InChI is InChI=1S/C11H16N2O3/c1-7(6-12)13-11(15)8-3-4-10(16-2)9(14)5-8/h3-5,7,14H,6,12H2,1-2H3,(H,13,15). The van der Waals surface area contributed by atoms with E-state index in [0.717, 1.165) is 0 Å². The minimum absolute atomic E-state index is 0.0597. The number of hydrogen-bond acceptors (Lipinski definition) is 4. The van der Waals surface area contributed by atoms with Gasteiger partial charge in [-0.1, -0.05) is 0 Å². The molecule has 0 aliphatic carbocycles. The molecule has 1 aromatic rings. The van der Waals surface area contributed by atoms with Crippen molar-refractivity contribution in [3.8, 4) is 11.5 Å². The number of carbonyl (C=O) groups is 1. The Hall–Kier alpha value is -1.75. The maximum absolute atomic E-state index is 11.6. The molecule has 4 N–H and O–H groups in total. The van der Waals surface area contributed by atoms with Crippen LogP contribution in [0, 0.1) is 0 Å². The number of rotatable bonds is 4. The van der Waals surface area contributed by atoms with Gasteiger partial charge in [-0.15, -0.1) is 0 Å². The highest BCUT2D eigenvalue weighted by atomic mass is 16.5. The maximum atomic E-state index is 11.6. The first-order valence-corrected chi connectivity index (χ1v) is 4.96. The molecular formula is C11H16N2O3. The third-order valence-corrected chi connectivity index (χ3v) is 2.17. The Morgan fingerprint density at radius 3 is 2.81 bits per heavy atom.